The first-order valence-corrected chi connectivity index (χ1v) is 4.84. The molecule has 0 saturated carbocycles. The van der Waals surface area contributed by atoms with Crippen LogP contribution in [-0.2, 0) is 9.59 Å². The zero-order chi connectivity index (χ0) is 14.1. The number of aliphatic hydroxyl groups excluding tert-OH is 2. The predicted molar refractivity (Wildman–Crippen MR) is 49.1 cm³/mol. The summed E-state index contributed by atoms with van der Waals surface area (Å²) in [5, 5.41) is 31.1. The summed E-state index contributed by atoms with van der Waals surface area (Å²) in [5.74, 6) is -5.06. The molecule has 1 aliphatic rings. The van der Waals surface area contributed by atoms with Crippen molar-refractivity contribution in [3.8, 4) is 0 Å². The summed E-state index contributed by atoms with van der Waals surface area (Å²) in [6.07, 6.45) is -10.3. The first kappa shape index (κ1) is 14.7. The summed E-state index contributed by atoms with van der Waals surface area (Å²) < 4.78 is 35.9. The fourth-order valence-corrected chi connectivity index (χ4v) is 1.52. The predicted octanol–water partition coefficient (Wildman–Crippen LogP) is -1.98. The number of piperidine rings is 1. The maximum absolute atomic E-state index is 12.0. The molecule has 10 heteroatoms. The van der Waals surface area contributed by atoms with Crippen molar-refractivity contribution in [2.45, 2.75) is 24.6 Å². The number of carboxylic acids is 1. The second-order valence-corrected chi connectivity index (χ2v) is 3.78. The molecule has 1 aliphatic heterocycles. The average molecular weight is 272 g/mol. The Morgan fingerprint density at radius 3 is 2.22 bits per heavy atom. The Hall–Kier alpha value is -1.39. The molecule has 0 aromatic rings. The summed E-state index contributed by atoms with van der Waals surface area (Å²) in [4.78, 5) is 21.2. The van der Waals surface area contributed by atoms with Gasteiger partial charge in [0.2, 0.25) is 0 Å². The fourth-order valence-electron chi connectivity index (χ4n) is 1.52. The molecule has 18 heavy (non-hydrogen) atoms. The van der Waals surface area contributed by atoms with Crippen LogP contribution in [-0.4, -0.2) is 58.3 Å². The monoisotopic (exact) mass is 272 g/mol. The number of nitrogens with one attached hydrogen (secondary N) is 2. The lowest BCUT2D eigenvalue weighted by molar-refractivity contribution is -0.177. The van der Waals surface area contributed by atoms with Gasteiger partial charge in [0, 0.05) is 6.54 Å². The number of alkyl halides is 3. The summed E-state index contributed by atoms with van der Waals surface area (Å²) in [7, 11) is 0. The minimum absolute atomic E-state index is 0.379. The highest BCUT2D eigenvalue weighted by molar-refractivity contribution is 5.82. The van der Waals surface area contributed by atoms with Gasteiger partial charge in [0.15, 0.2) is 0 Å². The lowest BCUT2D eigenvalue weighted by Gasteiger charge is -2.36. The van der Waals surface area contributed by atoms with Gasteiger partial charge in [0.1, 0.15) is 12.3 Å². The molecule has 1 rings (SSSR count). The maximum Gasteiger partial charge on any atom is 0.471 e. The van der Waals surface area contributed by atoms with Crippen molar-refractivity contribution >= 4 is 11.9 Å². The molecule has 104 valence electrons. The maximum atomic E-state index is 12.0. The van der Waals surface area contributed by atoms with Gasteiger partial charge in [0.25, 0.3) is 0 Å². The van der Waals surface area contributed by atoms with Gasteiger partial charge < -0.3 is 20.6 Å². The number of aliphatic carboxylic acids is 1. The molecule has 0 aliphatic carbocycles. The van der Waals surface area contributed by atoms with Crippen molar-refractivity contribution in [1.82, 2.24) is 10.6 Å². The van der Waals surface area contributed by atoms with E-state index in [0.717, 1.165) is 0 Å². The Bertz CT molecular complexity index is 348. The standard InChI is InChI=1S/C8H11F3N2O5/c9-8(10,11)7(18)13-5-4(15)3(14)2(1-12-5)6(16)17/h2-5,12,14-15H,1H2,(H,13,18)(H,16,17)/t2-,3-,4-,5-/m0/s1. The van der Waals surface area contributed by atoms with Crippen LogP contribution in [0.1, 0.15) is 0 Å². The number of hydrogen-bond acceptors (Lipinski definition) is 5. The smallest absolute Gasteiger partial charge is 0.471 e. The van der Waals surface area contributed by atoms with Crippen LogP contribution in [0.5, 0.6) is 0 Å². The summed E-state index contributed by atoms with van der Waals surface area (Å²) in [6, 6.07) is 0. The number of carboxylic acid groups (broad SMARTS) is 1. The topological polar surface area (TPSA) is 119 Å². The van der Waals surface area contributed by atoms with E-state index in [4.69, 9.17) is 5.11 Å². The van der Waals surface area contributed by atoms with E-state index < -0.39 is 42.3 Å². The Morgan fingerprint density at radius 2 is 1.78 bits per heavy atom. The second-order valence-electron chi connectivity index (χ2n) is 3.78. The van der Waals surface area contributed by atoms with Gasteiger partial charge >= 0.3 is 18.1 Å². The Kier molecular flexibility index (Phi) is 4.14. The Morgan fingerprint density at radius 1 is 1.22 bits per heavy atom. The van der Waals surface area contributed by atoms with E-state index in [1.807, 2.05) is 0 Å². The number of amides is 1. The average Bonchev–Trinajstić information content (AvgIpc) is 2.22. The van der Waals surface area contributed by atoms with Crippen molar-refractivity contribution in [1.29, 1.82) is 0 Å². The zero-order valence-corrected chi connectivity index (χ0v) is 8.81. The molecule has 5 N–H and O–H groups in total. The normalized spacial score (nSPS) is 32.9. The van der Waals surface area contributed by atoms with Gasteiger partial charge in [-0.1, -0.05) is 0 Å². The van der Waals surface area contributed by atoms with Crippen LogP contribution < -0.4 is 10.6 Å². The zero-order valence-electron chi connectivity index (χ0n) is 8.81. The van der Waals surface area contributed by atoms with Gasteiger partial charge in [0.05, 0.1) is 12.0 Å². The van der Waals surface area contributed by atoms with E-state index in [0.29, 0.717) is 0 Å². The van der Waals surface area contributed by atoms with Gasteiger partial charge in [-0.2, -0.15) is 13.2 Å². The van der Waals surface area contributed by atoms with Crippen LogP contribution in [0.3, 0.4) is 0 Å². The highest BCUT2D eigenvalue weighted by Crippen LogP contribution is 2.18. The molecular formula is C8H11F3N2O5. The molecule has 1 fully saturated rings. The van der Waals surface area contributed by atoms with Crippen molar-refractivity contribution in [3.05, 3.63) is 0 Å². The molecule has 0 aromatic carbocycles. The molecule has 0 unspecified atom stereocenters. The summed E-state index contributed by atoms with van der Waals surface area (Å²) in [6.45, 7) is -0.379. The van der Waals surface area contributed by atoms with Crippen molar-refractivity contribution in [3.63, 3.8) is 0 Å². The SMILES string of the molecule is O=C(O)[C@H]1CN[C@@H](NC(=O)C(F)(F)F)[C@@H](O)[C@H]1O. The molecule has 7 nitrogen and oxygen atoms in total. The highest BCUT2D eigenvalue weighted by atomic mass is 19.4. The third kappa shape index (κ3) is 3.09. The minimum atomic E-state index is -5.13. The molecule has 0 spiro atoms. The van der Waals surface area contributed by atoms with Crippen LogP contribution >= 0.6 is 0 Å². The third-order valence-electron chi connectivity index (χ3n) is 2.52. The van der Waals surface area contributed by atoms with Crippen LogP contribution in [0.25, 0.3) is 0 Å². The van der Waals surface area contributed by atoms with Crippen LogP contribution in [0, 0.1) is 5.92 Å². The lowest BCUT2D eigenvalue weighted by atomic mass is 9.92. The van der Waals surface area contributed by atoms with Gasteiger partial charge in [-0.15, -0.1) is 0 Å². The summed E-state index contributed by atoms with van der Waals surface area (Å²) >= 11 is 0. The van der Waals surface area contributed by atoms with E-state index in [-0.39, 0.29) is 6.54 Å². The van der Waals surface area contributed by atoms with E-state index in [2.05, 4.69) is 5.32 Å². The number of carbonyl (C=O) groups is 2. The quantitative estimate of drug-likeness (QED) is 0.397. The van der Waals surface area contributed by atoms with Crippen LogP contribution in [0.15, 0.2) is 0 Å². The van der Waals surface area contributed by atoms with Crippen molar-refractivity contribution < 1.29 is 38.1 Å². The summed E-state index contributed by atoms with van der Waals surface area (Å²) in [5.41, 5.74) is 0. The molecule has 4 atom stereocenters. The molecule has 0 aromatic heterocycles. The van der Waals surface area contributed by atoms with E-state index in [1.54, 1.807) is 0 Å². The molecule has 1 heterocycles. The fraction of sp³-hybridized carbons (Fsp3) is 0.750. The number of carbonyl (C=O) groups excluding carboxylic acids is 1. The van der Waals surface area contributed by atoms with Crippen molar-refractivity contribution in [2.75, 3.05) is 6.54 Å². The van der Waals surface area contributed by atoms with Crippen LogP contribution in [0.2, 0.25) is 0 Å². The Labute approximate surface area is 98.6 Å². The van der Waals surface area contributed by atoms with Crippen molar-refractivity contribution in [2.24, 2.45) is 5.92 Å². The molecule has 0 bridgehead atoms. The van der Waals surface area contributed by atoms with Crippen LogP contribution in [0.4, 0.5) is 13.2 Å². The Balaban J connectivity index is 2.67. The van der Waals surface area contributed by atoms with E-state index >= 15 is 0 Å². The van der Waals surface area contributed by atoms with Gasteiger partial charge in [-0.05, 0) is 0 Å². The van der Waals surface area contributed by atoms with Gasteiger partial charge in [-0.25, -0.2) is 0 Å². The second kappa shape index (κ2) is 5.08. The third-order valence-corrected chi connectivity index (χ3v) is 2.52. The van der Waals surface area contributed by atoms with E-state index in [9.17, 15) is 33.0 Å². The van der Waals surface area contributed by atoms with Gasteiger partial charge in [-0.3, -0.25) is 14.9 Å². The number of rotatable bonds is 2. The number of halogens is 3. The highest BCUT2D eigenvalue weighted by Gasteiger charge is 2.45. The number of aliphatic hydroxyl groups is 2. The molecule has 1 saturated heterocycles. The molecule has 0 radical (unpaired) electrons. The first-order chi connectivity index (χ1) is 8.14. The molecule has 1 amide bonds. The minimum Gasteiger partial charge on any atom is -0.481 e. The largest absolute Gasteiger partial charge is 0.481 e. The lowest BCUT2D eigenvalue weighted by Crippen LogP contribution is -2.66. The first-order valence-electron chi connectivity index (χ1n) is 4.84. The number of hydrogen-bond donors (Lipinski definition) is 5. The molecular weight excluding hydrogens is 261 g/mol. The van der Waals surface area contributed by atoms with E-state index in [1.165, 1.54) is 5.32 Å².